The van der Waals surface area contributed by atoms with Crippen molar-refractivity contribution in [2.75, 3.05) is 26.2 Å². The van der Waals surface area contributed by atoms with Gasteiger partial charge < -0.3 is 4.90 Å². The zero-order valence-electron chi connectivity index (χ0n) is 13.9. The Morgan fingerprint density at radius 1 is 1.09 bits per heavy atom. The highest BCUT2D eigenvalue weighted by atomic mass is 15.2. The first-order valence-corrected chi connectivity index (χ1v) is 9.11. The third-order valence-electron chi connectivity index (χ3n) is 6.24. The lowest BCUT2D eigenvalue weighted by Gasteiger charge is -2.54. The van der Waals surface area contributed by atoms with E-state index in [0.717, 1.165) is 18.3 Å². The van der Waals surface area contributed by atoms with Crippen LogP contribution in [0.3, 0.4) is 0 Å². The molecule has 3 nitrogen and oxygen atoms in total. The monoisotopic (exact) mass is 299 g/mol. The molecule has 120 valence electrons. The van der Waals surface area contributed by atoms with Crippen LogP contribution in [0.1, 0.15) is 49.9 Å². The second-order valence-corrected chi connectivity index (χ2v) is 7.85. The van der Waals surface area contributed by atoms with Gasteiger partial charge in [0.25, 0.3) is 0 Å². The second kappa shape index (κ2) is 5.93. The molecule has 0 radical (unpaired) electrons. The fourth-order valence-electron chi connectivity index (χ4n) is 4.82. The third-order valence-corrected chi connectivity index (χ3v) is 6.24. The Hall–Kier alpha value is -0.930. The standard InChI is InChI=1S/C19H29N3/c1-16-5-4-6-17(20-16)15-21-11-7-19(8-12-21)13-18(14-19)22-9-2-3-10-22/h4-6,18H,2-3,7-15H2,1H3. The number of aromatic nitrogens is 1. The van der Waals surface area contributed by atoms with Crippen LogP contribution in [-0.4, -0.2) is 47.0 Å². The van der Waals surface area contributed by atoms with Crippen molar-refractivity contribution in [1.82, 2.24) is 14.8 Å². The number of pyridine rings is 1. The summed E-state index contributed by atoms with van der Waals surface area (Å²) in [5.41, 5.74) is 3.07. The van der Waals surface area contributed by atoms with Crippen molar-refractivity contribution in [2.24, 2.45) is 5.41 Å². The van der Waals surface area contributed by atoms with Gasteiger partial charge >= 0.3 is 0 Å². The van der Waals surface area contributed by atoms with Crippen molar-refractivity contribution in [3.63, 3.8) is 0 Å². The maximum Gasteiger partial charge on any atom is 0.0547 e. The van der Waals surface area contributed by atoms with Gasteiger partial charge in [-0.05, 0) is 89.2 Å². The van der Waals surface area contributed by atoms with Gasteiger partial charge in [0.15, 0.2) is 0 Å². The summed E-state index contributed by atoms with van der Waals surface area (Å²) in [6.07, 6.45) is 8.63. The number of rotatable bonds is 3. The first kappa shape index (κ1) is 14.6. The molecule has 3 heteroatoms. The average molecular weight is 299 g/mol. The highest BCUT2D eigenvalue weighted by Crippen LogP contribution is 2.51. The molecule has 3 heterocycles. The Balaban J connectivity index is 1.27. The summed E-state index contributed by atoms with van der Waals surface area (Å²) in [7, 11) is 0. The number of likely N-dealkylation sites (tertiary alicyclic amines) is 2. The van der Waals surface area contributed by atoms with Crippen LogP contribution >= 0.6 is 0 Å². The Kier molecular flexibility index (Phi) is 3.95. The summed E-state index contributed by atoms with van der Waals surface area (Å²) >= 11 is 0. The Labute approximate surface area is 134 Å². The second-order valence-electron chi connectivity index (χ2n) is 7.85. The van der Waals surface area contributed by atoms with Crippen molar-refractivity contribution in [3.8, 4) is 0 Å². The van der Waals surface area contributed by atoms with Gasteiger partial charge in [-0.3, -0.25) is 9.88 Å². The lowest BCUT2D eigenvalue weighted by molar-refractivity contribution is -0.0371. The summed E-state index contributed by atoms with van der Waals surface area (Å²) in [5.74, 6) is 0. The van der Waals surface area contributed by atoms with E-state index in [0.29, 0.717) is 5.41 Å². The average Bonchev–Trinajstić information content (AvgIpc) is 3.00. The normalized spacial score (nSPS) is 26.4. The molecular formula is C19H29N3. The molecule has 2 aliphatic heterocycles. The van der Waals surface area contributed by atoms with Gasteiger partial charge in [0.05, 0.1) is 5.69 Å². The number of nitrogens with zero attached hydrogens (tertiary/aromatic N) is 3. The zero-order valence-corrected chi connectivity index (χ0v) is 13.9. The summed E-state index contributed by atoms with van der Waals surface area (Å²) < 4.78 is 0. The molecule has 0 unspecified atom stereocenters. The fourth-order valence-corrected chi connectivity index (χ4v) is 4.82. The molecular weight excluding hydrogens is 270 g/mol. The van der Waals surface area contributed by atoms with E-state index in [2.05, 4.69) is 39.9 Å². The van der Waals surface area contributed by atoms with Crippen molar-refractivity contribution in [2.45, 2.75) is 58.0 Å². The molecule has 0 amide bonds. The molecule has 1 aliphatic carbocycles. The quantitative estimate of drug-likeness (QED) is 0.854. The SMILES string of the molecule is Cc1cccc(CN2CCC3(CC2)CC(N2CCCC2)C3)n1. The van der Waals surface area contributed by atoms with Crippen LogP contribution in [0.15, 0.2) is 18.2 Å². The molecule has 2 saturated heterocycles. The summed E-state index contributed by atoms with van der Waals surface area (Å²) in [6, 6.07) is 7.31. The van der Waals surface area contributed by atoms with E-state index in [1.807, 2.05) is 0 Å². The first-order valence-electron chi connectivity index (χ1n) is 9.11. The van der Waals surface area contributed by atoms with Gasteiger partial charge in [0.2, 0.25) is 0 Å². The summed E-state index contributed by atoms with van der Waals surface area (Å²) in [6.45, 7) is 8.39. The van der Waals surface area contributed by atoms with Crippen molar-refractivity contribution >= 4 is 0 Å². The van der Waals surface area contributed by atoms with Gasteiger partial charge in [-0.2, -0.15) is 0 Å². The lowest BCUT2D eigenvalue weighted by atomic mass is 9.60. The molecule has 3 fully saturated rings. The van der Waals surface area contributed by atoms with Gasteiger partial charge in [0, 0.05) is 18.3 Å². The largest absolute Gasteiger partial charge is 0.300 e. The summed E-state index contributed by atoms with van der Waals surface area (Å²) in [5, 5.41) is 0. The van der Waals surface area contributed by atoms with E-state index in [-0.39, 0.29) is 0 Å². The Bertz CT molecular complexity index is 505. The highest BCUT2D eigenvalue weighted by molar-refractivity contribution is 5.10. The topological polar surface area (TPSA) is 19.4 Å². The predicted molar refractivity (Wildman–Crippen MR) is 89.7 cm³/mol. The van der Waals surface area contributed by atoms with Crippen LogP contribution < -0.4 is 0 Å². The maximum atomic E-state index is 4.65. The lowest BCUT2D eigenvalue weighted by Crippen LogP contribution is -2.54. The smallest absolute Gasteiger partial charge is 0.0547 e. The number of hydrogen-bond acceptors (Lipinski definition) is 3. The molecule has 0 N–H and O–H groups in total. The van der Waals surface area contributed by atoms with Crippen molar-refractivity contribution in [3.05, 3.63) is 29.6 Å². The molecule has 3 aliphatic rings. The molecule has 1 saturated carbocycles. The molecule has 1 spiro atoms. The van der Waals surface area contributed by atoms with Crippen LogP contribution in [0.2, 0.25) is 0 Å². The molecule has 1 aromatic rings. The van der Waals surface area contributed by atoms with Gasteiger partial charge in [0.1, 0.15) is 0 Å². The van der Waals surface area contributed by atoms with E-state index in [4.69, 9.17) is 0 Å². The van der Waals surface area contributed by atoms with Gasteiger partial charge in [-0.15, -0.1) is 0 Å². The summed E-state index contributed by atoms with van der Waals surface area (Å²) in [4.78, 5) is 10.0. The van der Waals surface area contributed by atoms with Crippen LogP contribution in [0.4, 0.5) is 0 Å². The van der Waals surface area contributed by atoms with E-state index >= 15 is 0 Å². The van der Waals surface area contributed by atoms with E-state index in [1.165, 1.54) is 70.4 Å². The molecule has 1 aromatic heterocycles. The minimum atomic E-state index is 0.698. The van der Waals surface area contributed by atoms with Gasteiger partial charge in [-0.1, -0.05) is 6.07 Å². The molecule has 0 atom stereocenters. The molecule has 0 aromatic carbocycles. The van der Waals surface area contributed by atoms with E-state index in [1.54, 1.807) is 0 Å². The minimum Gasteiger partial charge on any atom is -0.300 e. The minimum absolute atomic E-state index is 0.698. The van der Waals surface area contributed by atoms with Crippen LogP contribution in [0.5, 0.6) is 0 Å². The van der Waals surface area contributed by atoms with Gasteiger partial charge in [-0.25, -0.2) is 0 Å². The predicted octanol–water partition coefficient (Wildman–Crippen LogP) is 3.23. The van der Waals surface area contributed by atoms with E-state index in [9.17, 15) is 0 Å². The Morgan fingerprint density at radius 2 is 1.82 bits per heavy atom. The number of aryl methyl sites for hydroxylation is 1. The van der Waals surface area contributed by atoms with Crippen LogP contribution in [0, 0.1) is 12.3 Å². The Morgan fingerprint density at radius 3 is 2.50 bits per heavy atom. The van der Waals surface area contributed by atoms with E-state index < -0.39 is 0 Å². The zero-order chi connectivity index (χ0) is 15.0. The third kappa shape index (κ3) is 2.93. The molecule has 4 rings (SSSR count). The molecule has 22 heavy (non-hydrogen) atoms. The van der Waals surface area contributed by atoms with Crippen LogP contribution in [-0.2, 0) is 6.54 Å². The van der Waals surface area contributed by atoms with Crippen molar-refractivity contribution < 1.29 is 0 Å². The fraction of sp³-hybridized carbons (Fsp3) is 0.737. The first-order chi connectivity index (χ1) is 10.7. The van der Waals surface area contributed by atoms with Crippen molar-refractivity contribution in [1.29, 1.82) is 0 Å². The number of piperidine rings is 1. The molecule has 0 bridgehead atoms. The maximum absolute atomic E-state index is 4.65. The highest BCUT2D eigenvalue weighted by Gasteiger charge is 2.47. The van der Waals surface area contributed by atoms with Crippen LogP contribution in [0.25, 0.3) is 0 Å². The number of hydrogen-bond donors (Lipinski definition) is 0.